The zero-order chi connectivity index (χ0) is 13.9. The van der Waals surface area contributed by atoms with Crippen LogP contribution < -0.4 is 10.6 Å². The van der Waals surface area contributed by atoms with Crippen molar-refractivity contribution in [3.8, 4) is 0 Å². The molecule has 1 saturated carbocycles. The molecule has 1 fully saturated rings. The van der Waals surface area contributed by atoms with Gasteiger partial charge in [-0.3, -0.25) is 4.79 Å². The quantitative estimate of drug-likeness (QED) is 0.899. The largest absolute Gasteiger partial charge is 0.353 e. The molecule has 3 rings (SSSR count). The topological polar surface area (TPSA) is 41.1 Å². The van der Waals surface area contributed by atoms with Crippen LogP contribution in [0.2, 0.25) is 0 Å². The zero-order valence-electron chi connectivity index (χ0n) is 11.9. The number of fused-ring (bicyclic) bond motifs is 1. The molecule has 0 radical (unpaired) electrons. The minimum atomic E-state index is 0.0400. The highest BCUT2D eigenvalue weighted by molar-refractivity contribution is 7.99. The third-order valence-electron chi connectivity index (χ3n) is 4.50. The van der Waals surface area contributed by atoms with Gasteiger partial charge in [0.25, 0.3) is 0 Å². The molecule has 0 spiro atoms. The van der Waals surface area contributed by atoms with Gasteiger partial charge in [0.1, 0.15) is 0 Å². The molecule has 1 unspecified atom stereocenters. The van der Waals surface area contributed by atoms with Crippen molar-refractivity contribution in [1.29, 1.82) is 0 Å². The minimum absolute atomic E-state index is 0.0400. The summed E-state index contributed by atoms with van der Waals surface area (Å²) >= 11 is 1.80. The molecule has 1 amide bonds. The van der Waals surface area contributed by atoms with Gasteiger partial charge in [0.05, 0.1) is 5.92 Å². The molecule has 108 valence electrons. The summed E-state index contributed by atoms with van der Waals surface area (Å²) in [6.45, 7) is 0. The number of rotatable bonds is 3. The first kappa shape index (κ1) is 14.0. The monoisotopic (exact) mass is 290 g/mol. The van der Waals surface area contributed by atoms with Gasteiger partial charge in [-0.25, -0.2) is 0 Å². The van der Waals surface area contributed by atoms with Crippen LogP contribution in [0.3, 0.4) is 0 Å². The van der Waals surface area contributed by atoms with Crippen LogP contribution in [0.5, 0.6) is 0 Å². The molecule has 1 heterocycles. The molecule has 0 bridgehead atoms. The van der Waals surface area contributed by atoms with E-state index >= 15 is 0 Å². The lowest BCUT2D eigenvalue weighted by Crippen LogP contribution is -2.43. The van der Waals surface area contributed by atoms with E-state index in [1.165, 1.54) is 10.5 Å². The third kappa shape index (κ3) is 2.86. The maximum absolute atomic E-state index is 12.5. The maximum Gasteiger partial charge on any atom is 0.228 e. The molecular weight excluding hydrogens is 268 g/mol. The normalized spacial score (nSPS) is 28.9. The molecule has 2 aliphatic rings. The van der Waals surface area contributed by atoms with Gasteiger partial charge in [-0.1, -0.05) is 18.2 Å². The van der Waals surface area contributed by atoms with E-state index in [1.807, 2.05) is 19.2 Å². The molecule has 3 nitrogen and oxygen atoms in total. The predicted octanol–water partition coefficient (Wildman–Crippen LogP) is 2.52. The van der Waals surface area contributed by atoms with Crippen LogP contribution in [-0.2, 0) is 4.79 Å². The van der Waals surface area contributed by atoms with Crippen molar-refractivity contribution in [3.63, 3.8) is 0 Å². The molecule has 1 atom stereocenters. The van der Waals surface area contributed by atoms with E-state index in [9.17, 15) is 4.79 Å². The first-order chi connectivity index (χ1) is 9.78. The molecule has 1 aliphatic carbocycles. The van der Waals surface area contributed by atoms with Gasteiger partial charge in [0, 0.05) is 22.7 Å². The fourth-order valence-electron chi connectivity index (χ4n) is 3.21. The van der Waals surface area contributed by atoms with Crippen molar-refractivity contribution < 1.29 is 4.79 Å². The fourth-order valence-corrected chi connectivity index (χ4v) is 4.44. The Kier molecular flexibility index (Phi) is 4.32. The van der Waals surface area contributed by atoms with Gasteiger partial charge < -0.3 is 10.6 Å². The molecule has 0 saturated heterocycles. The van der Waals surface area contributed by atoms with E-state index in [0.717, 1.165) is 31.4 Å². The lowest BCUT2D eigenvalue weighted by atomic mass is 9.90. The lowest BCUT2D eigenvalue weighted by Gasteiger charge is -2.29. The van der Waals surface area contributed by atoms with Crippen molar-refractivity contribution in [2.75, 3.05) is 12.8 Å². The van der Waals surface area contributed by atoms with E-state index in [4.69, 9.17) is 0 Å². The summed E-state index contributed by atoms with van der Waals surface area (Å²) in [7, 11) is 2.02. The van der Waals surface area contributed by atoms with Crippen LogP contribution in [0.25, 0.3) is 0 Å². The van der Waals surface area contributed by atoms with Crippen LogP contribution in [0.15, 0.2) is 29.2 Å². The second-order valence-electron chi connectivity index (χ2n) is 5.75. The first-order valence-electron chi connectivity index (χ1n) is 7.47. The average molecular weight is 290 g/mol. The Balaban J connectivity index is 1.58. The number of hydrogen-bond donors (Lipinski definition) is 2. The van der Waals surface area contributed by atoms with E-state index < -0.39 is 0 Å². The smallest absolute Gasteiger partial charge is 0.228 e. The van der Waals surface area contributed by atoms with E-state index in [0.29, 0.717) is 12.1 Å². The van der Waals surface area contributed by atoms with Crippen molar-refractivity contribution in [1.82, 2.24) is 10.6 Å². The second kappa shape index (κ2) is 6.19. The highest BCUT2D eigenvalue weighted by Crippen LogP contribution is 2.39. The Morgan fingerprint density at radius 3 is 2.60 bits per heavy atom. The number of nitrogens with one attached hydrogen (secondary N) is 2. The summed E-state index contributed by atoms with van der Waals surface area (Å²) in [5.74, 6) is 1.14. The van der Waals surface area contributed by atoms with Gasteiger partial charge in [-0.15, -0.1) is 11.8 Å². The number of hydrogen-bond acceptors (Lipinski definition) is 3. The Labute approximate surface area is 124 Å². The molecule has 1 aliphatic heterocycles. The Morgan fingerprint density at radius 2 is 1.85 bits per heavy atom. The molecule has 1 aromatic rings. The van der Waals surface area contributed by atoms with Crippen LogP contribution in [0, 0.1) is 0 Å². The number of carbonyl (C=O) groups excluding carboxylic acids is 1. The van der Waals surface area contributed by atoms with Gasteiger partial charge in [-0.2, -0.15) is 0 Å². The fraction of sp³-hybridized carbons (Fsp3) is 0.562. The summed E-state index contributed by atoms with van der Waals surface area (Å²) < 4.78 is 0. The van der Waals surface area contributed by atoms with Crippen molar-refractivity contribution in [2.24, 2.45) is 0 Å². The van der Waals surface area contributed by atoms with Crippen molar-refractivity contribution >= 4 is 17.7 Å². The van der Waals surface area contributed by atoms with E-state index in [2.05, 4.69) is 22.8 Å². The standard InChI is InChI=1S/C16H22N2OS/c1-17-11-6-8-12(9-7-11)18-16(19)14-10-20-15-5-3-2-4-13(14)15/h2-5,11-12,14,17H,6-10H2,1H3,(H,18,19). The van der Waals surface area contributed by atoms with Crippen molar-refractivity contribution in [2.45, 2.75) is 48.6 Å². The predicted molar refractivity (Wildman–Crippen MR) is 83.2 cm³/mol. The Morgan fingerprint density at radius 1 is 1.15 bits per heavy atom. The molecule has 0 aromatic heterocycles. The van der Waals surface area contributed by atoms with Crippen LogP contribution in [0.4, 0.5) is 0 Å². The number of benzene rings is 1. The Hall–Kier alpha value is -1.00. The van der Waals surface area contributed by atoms with E-state index in [1.54, 1.807) is 11.8 Å². The van der Waals surface area contributed by atoms with Gasteiger partial charge in [0.15, 0.2) is 0 Å². The second-order valence-corrected chi connectivity index (χ2v) is 6.81. The lowest BCUT2D eigenvalue weighted by molar-refractivity contribution is -0.123. The first-order valence-corrected chi connectivity index (χ1v) is 8.46. The van der Waals surface area contributed by atoms with Crippen LogP contribution in [0.1, 0.15) is 37.2 Å². The van der Waals surface area contributed by atoms with Gasteiger partial charge in [0.2, 0.25) is 5.91 Å². The van der Waals surface area contributed by atoms with Crippen LogP contribution >= 0.6 is 11.8 Å². The summed E-state index contributed by atoms with van der Waals surface area (Å²) in [5, 5.41) is 6.60. The summed E-state index contributed by atoms with van der Waals surface area (Å²) in [4.78, 5) is 13.8. The SMILES string of the molecule is CNC1CCC(NC(=O)C2CSc3ccccc32)CC1. The van der Waals surface area contributed by atoms with Crippen molar-refractivity contribution in [3.05, 3.63) is 29.8 Å². The number of carbonyl (C=O) groups is 1. The molecule has 1 aromatic carbocycles. The average Bonchev–Trinajstić information content (AvgIpc) is 2.92. The molecule has 20 heavy (non-hydrogen) atoms. The van der Waals surface area contributed by atoms with Crippen LogP contribution in [-0.4, -0.2) is 30.8 Å². The molecule has 4 heteroatoms. The van der Waals surface area contributed by atoms with Gasteiger partial charge >= 0.3 is 0 Å². The summed E-state index contributed by atoms with van der Waals surface area (Å²) in [6, 6.07) is 9.28. The highest BCUT2D eigenvalue weighted by atomic mass is 32.2. The zero-order valence-corrected chi connectivity index (χ0v) is 12.7. The number of amides is 1. The van der Waals surface area contributed by atoms with Gasteiger partial charge in [-0.05, 0) is 44.4 Å². The Bertz CT molecular complexity index is 483. The van der Waals surface area contributed by atoms with E-state index in [-0.39, 0.29) is 11.8 Å². The summed E-state index contributed by atoms with van der Waals surface area (Å²) in [6.07, 6.45) is 4.52. The minimum Gasteiger partial charge on any atom is -0.353 e. The summed E-state index contributed by atoms with van der Waals surface area (Å²) in [5.41, 5.74) is 1.21. The maximum atomic E-state index is 12.5. The molecule has 2 N–H and O–H groups in total. The molecular formula is C16H22N2OS. The number of thioether (sulfide) groups is 1. The highest BCUT2D eigenvalue weighted by Gasteiger charge is 2.31. The third-order valence-corrected chi connectivity index (χ3v) is 5.68.